The molecule has 0 aromatic carbocycles. The summed E-state index contributed by atoms with van der Waals surface area (Å²) in [7, 11) is 0. The molecule has 0 unspecified atom stereocenters. The molecule has 22 heavy (non-hydrogen) atoms. The van der Waals surface area contributed by atoms with Gasteiger partial charge in [-0.25, -0.2) is 15.0 Å². The highest BCUT2D eigenvalue weighted by molar-refractivity contribution is 5.91. The van der Waals surface area contributed by atoms with Crippen LogP contribution in [0.2, 0.25) is 0 Å². The number of nitrogens with zero attached hydrogens (tertiary/aromatic N) is 4. The maximum Gasteiger partial charge on any atom is 0.291 e. The van der Waals surface area contributed by atoms with Crippen LogP contribution in [-0.4, -0.2) is 51.6 Å². The van der Waals surface area contributed by atoms with Crippen LogP contribution in [0, 0.1) is 6.92 Å². The minimum atomic E-state index is -0.135. The molecule has 3 heterocycles. The molecule has 116 valence electrons. The van der Waals surface area contributed by atoms with Crippen LogP contribution in [0.5, 0.6) is 0 Å². The summed E-state index contributed by atoms with van der Waals surface area (Å²) < 4.78 is 10.8. The molecular formula is C15H18N4O3. The first-order valence-corrected chi connectivity index (χ1v) is 7.29. The predicted molar refractivity (Wildman–Crippen MR) is 77.2 cm³/mol. The van der Waals surface area contributed by atoms with E-state index in [1.165, 1.54) is 12.6 Å². The summed E-state index contributed by atoms with van der Waals surface area (Å²) >= 11 is 0. The van der Waals surface area contributed by atoms with Gasteiger partial charge in [0.15, 0.2) is 6.39 Å². The number of hydrogen-bond donors (Lipinski definition) is 0. The average molecular weight is 302 g/mol. The van der Waals surface area contributed by atoms with Crippen molar-refractivity contribution in [3.63, 3.8) is 0 Å². The Labute approximate surface area is 128 Å². The van der Waals surface area contributed by atoms with Gasteiger partial charge in [0.1, 0.15) is 6.33 Å². The van der Waals surface area contributed by atoms with Crippen LogP contribution in [-0.2, 0) is 11.2 Å². The van der Waals surface area contributed by atoms with Crippen LogP contribution in [0.3, 0.4) is 0 Å². The number of carbonyl (C=O) groups excluding carboxylic acids is 1. The van der Waals surface area contributed by atoms with Crippen molar-refractivity contribution in [2.24, 2.45) is 0 Å². The van der Waals surface area contributed by atoms with Crippen LogP contribution in [0.4, 0.5) is 0 Å². The summed E-state index contributed by atoms with van der Waals surface area (Å²) in [6.45, 7) is 3.61. The molecule has 0 saturated carbocycles. The average Bonchev–Trinajstić information content (AvgIpc) is 3.07. The third kappa shape index (κ3) is 3.48. The number of ether oxygens (including phenoxy) is 1. The van der Waals surface area contributed by atoms with Crippen molar-refractivity contribution in [3.8, 4) is 0 Å². The second kappa shape index (κ2) is 6.65. The van der Waals surface area contributed by atoms with Crippen LogP contribution < -0.4 is 0 Å². The first-order valence-electron chi connectivity index (χ1n) is 7.29. The summed E-state index contributed by atoms with van der Waals surface area (Å²) in [6, 6.07) is 1.97. The molecule has 1 fully saturated rings. The maximum absolute atomic E-state index is 12.2. The van der Waals surface area contributed by atoms with Gasteiger partial charge in [-0.1, -0.05) is 0 Å². The van der Waals surface area contributed by atoms with Gasteiger partial charge in [0, 0.05) is 24.5 Å². The Hall–Kier alpha value is -2.28. The molecule has 1 saturated heterocycles. The van der Waals surface area contributed by atoms with Gasteiger partial charge >= 0.3 is 0 Å². The molecule has 2 aromatic heterocycles. The van der Waals surface area contributed by atoms with Gasteiger partial charge in [0.2, 0.25) is 5.76 Å². The van der Waals surface area contributed by atoms with E-state index in [0.717, 1.165) is 24.2 Å². The lowest BCUT2D eigenvalue weighted by Crippen LogP contribution is -2.45. The van der Waals surface area contributed by atoms with Crippen LogP contribution >= 0.6 is 0 Å². The van der Waals surface area contributed by atoms with Crippen molar-refractivity contribution in [1.29, 1.82) is 0 Å². The van der Waals surface area contributed by atoms with Crippen molar-refractivity contribution < 1.29 is 13.9 Å². The van der Waals surface area contributed by atoms with E-state index in [4.69, 9.17) is 9.15 Å². The second-order valence-corrected chi connectivity index (χ2v) is 5.30. The van der Waals surface area contributed by atoms with Gasteiger partial charge in [0.25, 0.3) is 5.91 Å². The minimum Gasteiger partial charge on any atom is -0.438 e. The number of hydrogen-bond acceptors (Lipinski definition) is 6. The van der Waals surface area contributed by atoms with Crippen LogP contribution in [0.25, 0.3) is 0 Å². The Balaban J connectivity index is 1.55. The molecule has 1 aliphatic heterocycles. The molecular weight excluding hydrogens is 284 g/mol. The highest BCUT2D eigenvalue weighted by Crippen LogP contribution is 2.14. The van der Waals surface area contributed by atoms with E-state index >= 15 is 0 Å². The fraction of sp³-hybridized carbons (Fsp3) is 0.467. The number of rotatable bonds is 4. The predicted octanol–water partition coefficient (Wildman–Crippen LogP) is 1.25. The van der Waals surface area contributed by atoms with Gasteiger partial charge in [0.05, 0.1) is 18.9 Å². The first kappa shape index (κ1) is 14.6. The molecule has 0 bridgehead atoms. The Morgan fingerprint density at radius 3 is 3.14 bits per heavy atom. The molecule has 7 heteroatoms. The lowest BCUT2D eigenvalue weighted by molar-refractivity contribution is -0.0256. The Morgan fingerprint density at radius 2 is 2.36 bits per heavy atom. The topological polar surface area (TPSA) is 81.4 Å². The lowest BCUT2D eigenvalue weighted by atomic mass is 10.1. The van der Waals surface area contributed by atoms with E-state index in [2.05, 4.69) is 15.0 Å². The Bertz CT molecular complexity index is 629. The maximum atomic E-state index is 12.2. The zero-order chi connectivity index (χ0) is 15.4. The summed E-state index contributed by atoms with van der Waals surface area (Å²) in [5, 5.41) is 0. The number of amides is 1. The first-order chi connectivity index (χ1) is 10.7. The number of aromatic nitrogens is 3. The van der Waals surface area contributed by atoms with Crippen LogP contribution in [0.1, 0.15) is 28.4 Å². The fourth-order valence-corrected chi connectivity index (χ4v) is 2.51. The molecule has 0 radical (unpaired) electrons. The van der Waals surface area contributed by atoms with Gasteiger partial charge in [-0.15, -0.1) is 0 Å². The highest BCUT2D eigenvalue weighted by Gasteiger charge is 2.26. The minimum absolute atomic E-state index is 0.0101. The molecule has 0 N–H and O–H groups in total. The highest BCUT2D eigenvalue weighted by atomic mass is 16.5. The van der Waals surface area contributed by atoms with E-state index in [-0.39, 0.29) is 17.8 Å². The second-order valence-electron chi connectivity index (χ2n) is 5.30. The molecule has 3 rings (SSSR count). The number of aryl methyl sites for hydroxylation is 2. The monoisotopic (exact) mass is 302 g/mol. The molecule has 1 amide bonds. The lowest BCUT2D eigenvalue weighted by Gasteiger charge is -2.32. The van der Waals surface area contributed by atoms with E-state index in [0.29, 0.717) is 19.7 Å². The van der Waals surface area contributed by atoms with Crippen molar-refractivity contribution in [2.75, 3.05) is 19.7 Å². The summed E-state index contributed by atoms with van der Waals surface area (Å²) in [6.07, 6.45) is 5.91. The van der Waals surface area contributed by atoms with Crippen LogP contribution in [0.15, 0.2) is 29.4 Å². The molecule has 7 nitrogen and oxygen atoms in total. The summed E-state index contributed by atoms with van der Waals surface area (Å²) in [4.78, 5) is 26.1. The quantitative estimate of drug-likeness (QED) is 0.845. The summed E-state index contributed by atoms with van der Waals surface area (Å²) in [5.41, 5.74) is 1.95. The van der Waals surface area contributed by atoms with Gasteiger partial charge in [-0.3, -0.25) is 4.79 Å². The van der Waals surface area contributed by atoms with Gasteiger partial charge < -0.3 is 14.1 Å². The van der Waals surface area contributed by atoms with Crippen molar-refractivity contribution >= 4 is 5.91 Å². The molecule has 1 atom stereocenters. The van der Waals surface area contributed by atoms with Crippen molar-refractivity contribution in [3.05, 3.63) is 42.1 Å². The van der Waals surface area contributed by atoms with E-state index < -0.39 is 0 Å². The number of oxazole rings is 1. The largest absolute Gasteiger partial charge is 0.438 e. The number of carbonyl (C=O) groups is 1. The van der Waals surface area contributed by atoms with E-state index in [9.17, 15) is 4.79 Å². The molecule has 0 spiro atoms. The van der Waals surface area contributed by atoms with Gasteiger partial charge in [-0.05, 0) is 25.8 Å². The number of morpholine rings is 1. The zero-order valence-electron chi connectivity index (χ0n) is 12.4. The Morgan fingerprint density at radius 1 is 1.45 bits per heavy atom. The van der Waals surface area contributed by atoms with E-state index in [1.54, 1.807) is 11.2 Å². The smallest absolute Gasteiger partial charge is 0.291 e. The third-order valence-electron chi connectivity index (χ3n) is 3.65. The molecule has 1 aliphatic rings. The Kier molecular flexibility index (Phi) is 4.43. The normalized spacial score (nSPS) is 18.4. The standard InChI is InChI=1S/C15H18N4O3/c1-11-6-12(18-9-17-11)2-3-13-8-19(4-5-21-13)15(20)14-7-16-10-22-14/h6-7,9-10,13H,2-5,8H2,1H3/t13-/m0/s1. The zero-order valence-corrected chi connectivity index (χ0v) is 12.4. The molecule has 2 aromatic rings. The van der Waals surface area contributed by atoms with Crippen molar-refractivity contribution in [2.45, 2.75) is 25.9 Å². The SMILES string of the molecule is Cc1cc(CC[C@H]2CN(C(=O)c3cnco3)CCO2)ncn1. The third-order valence-corrected chi connectivity index (χ3v) is 3.65. The molecule has 0 aliphatic carbocycles. The fourth-order valence-electron chi connectivity index (χ4n) is 2.51. The van der Waals surface area contributed by atoms with Gasteiger partial charge in [-0.2, -0.15) is 0 Å². The van der Waals surface area contributed by atoms with Crippen molar-refractivity contribution in [1.82, 2.24) is 19.9 Å². The van der Waals surface area contributed by atoms with E-state index in [1.807, 2.05) is 13.0 Å². The summed E-state index contributed by atoms with van der Waals surface area (Å²) in [5.74, 6) is 0.135.